The van der Waals surface area contributed by atoms with Crippen LogP contribution in [0.25, 0.3) is 11.0 Å². The van der Waals surface area contributed by atoms with E-state index in [1.807, 2.05) is 0 Å². The molecule has 1 aromatic heterocycles. The minimum absolute atomic E-state index is 0.0294. The van der Waals surface area contributed by atoms with Crippen LogP contribution in [0.5, 0.6) is 0 Å². The Bertz CT molecular complexity index is 1050. The minimum Gasteiger partial charge on any atom is -0.449 e. The van der Waals surface area contributed by atoms with Crippen molar-refractivity contribution >= 4 is 28.5 Å². The Balaban J connectivity index is 1.74. The van der Waals surface area contributed by atoms with Gasteiger partial charge in [0.05, 0.1) is 0 Å². The molecule has 0 spiro atoms. The van der Waals surface area contributed by atoms with Crippen molar-refractivity contribution in [3.05, 3.63) is 65.4 Å². The second-order valence-electron chi connectivity index (χ2n) is 7.06. The topological polar surface area (TPSA) is 62.6 Å². The number of likely N-dealkylation sites (tertiary alicyclic amines) is 1. The third kappa shape index (κ3) is 3.72. The standard InChI is InChI=1S/C22H20F2N2O3/c23-15-9-7-10-16(24)18(15)21(27)25-19-14-8-3-4-11-17(14)29-20(19)22(28)26-12-5-1-2-6-13-26/h3-4,7-11H,1-2,5-6,12-13H2,(H,25,27). The molecule has 1 N–H and O–H groups in total. The number of benzene rings is 2. The van der Waals surface area contributed by atoms with E-state index in [2.05, 4.69) is 5.32 Å². The van der Waals surface area contributed by atoms with Crippen LogP contribution in [-0.4, -0.2) is 29.8 Å². The Morgan fingerprint density at radius 1 is 0.897 bits per heavy atom. The summed E-state index contributed by atoms with van der Waals surface area (Å²) in [6, 6.07) is 10.0. The van der Waals surface area contributed by atoms with Gasteiger partial charge in [0.1, 0.15) is 28.5 Å². The summed E-state index contributed by atoms with van der Waals surface area (Å²) in [5, 5.41) is 3.00. The number of nitrogens with one attached hydrogen (secondary N) is 1. The van der Waals surface area contributed by atoms with Crippen LogP contribution in [0.1, 0.15) is 46.6 Å². The highest BCUT2D eigenvalue weighted by Gasteiger charge is 2.28. The Labute approximate surface area is 166 Å². The molecule has 5 nitrogen and oxygen atoms in total. The van der Waals surface area contributed by atoms with Crippen molar-refractivity contribution in [3.8, 4) is 0 Å². The Kier molecular flexibility index (Phi) is 5.29. The fourth-order valence-corrected chi connectivity index (χ4v) is 3.63. The number of hydrogen-bond acceptors (Lipinski definition) is 3. The Hall–Kier alpha value is -3.22. The van der Waals surface area contributed by atoms with Crippen LogP contribution in [0, 0.1) is 11.6 Å². The number of halogens is 2. The minimum atomic E-state index is -0.976. The molecule has 29 heavy (non-hydrogen) atoms. The van der Waals surface area contributed by atoms with Crippen LogP contribution < -0.4 is 5.32 Å². The first-order chi connectivity index (χ1) is 14.1. The molecule has 150 valence electrons. The molecule has 0 radical (unpaired) electrons. The Morgan fingerprint density at radius 3 is 2.24 bits per heavy atom. The molecule has 4 rings (SSSR count). The van der Waals surface area contributed by atoms with Gasteiger partial charge in [-0.15, -0.1) is 0 Å². The molecular weight excluding hydrogens is 378 g/mol. The molecule has 2 amide bonds. The number of furan rings is 1. The number of carbonyl (C=O) groups is 2. The molecule has 0 atom stereocenters. The molecule has 2 aromatic carbocycles. The van der Waals surface area contributed by atoms with E-state index in [1.165, 1.54) is 6.07 Å². The van der Waals surface area contributed by atoms with Gasteiger partial charge in [0.25, 0.3) is 11.8 Å². The van der Waals surface area contributed by atoms with Gasteiger partial charge in [0.2, 0.25) is 5.76 Å². The van der Waals surface area contributed by atoms with Crippen LogP contribution >= 0.6 is 0 Å². The number of carbonyl (C=O) groups excluding carboxylic acids is 2. The van der Waals surface area contributed by atoms with E-state index in [0.29, 0.717) is 24.1 Å². The lowest BCUT2D eigenvalue weighted by molar-refractivity contribution is 0.0733. The first kappa shape index (κ1) is 19.1. The van der Waals surface area contributed by atoms with Gasteiger partial charge in [-0.3, -0.25) is 9.59 Å². The fraction of sp³-hybridized carbons (Fsp3) is 0.273. The summed E-state index contributed by atoms with van der Waals surface area (Å²) in [6.45, 7) is 1.20. The molecule has 0 unspecified atom stereocenters. The van der Waals surface area contributed by atoms with Crippen molar-refractivity contribution in [1.29, 1.82) is 0 Å². The van der Waals surface area contributed by atoms with Crippen molar-refractivity contribution in [3.63, 3.8) is 0 Å². The number of rotatable bonds is 3. The fourth-order valence-electron chi connectivity index (χ4n) is 3.63. The highest BCUT2D eigenvalue weighted by atomic mass is 19.1. The summed E-state index contributed by atoms with van der Waals surface area (Å²) in [4.78, 5) is 27.5. The van der Waals surface area contributed by atoms with Gasteiger partial charge in [-0.25, -0.2) is 8.78 Å². The maximum absolute atomic E-state index is 14.0. The van der Waals surface area contributed by atoms with Crippen LogP contribution in [0.2, 0.25) is 0 Å². The summed E-state index contributed by atoms with van der Waals surface area (Å²) in [5.41, 5.74) is -0.163. The van der Waals surface area contributed by atoms with Crippen LogP contribution in [0.3, 0.4) is 0 Å². The first-order valence-corrected chi connectivity index (χ1v) is 9.62. The summed E-state index contributed by atoms with van der Waals surface area (Å²) in [5.74, 6) is -3.30. The van der Waals surface area contributed by atoms with Crippen molar-refractivity contribution in [2.45, 2.75) is 25.7 Å². The van der Waals surface area contributed by atoms with Gasteiger partial charge >= 0.3 is 0 Å². The molecule has 2 heterocycles. The molecule has 0 bridgehead atoms. The van der Waals surface area contributed by atoms with Gasteiger partial charge < -0.3 is 14.6 Å². The predicted molar refractivity (Wildman–Crippen MR) is 105 cm³/mol. The van der Waals surface area contributed by atoms with Gasteiger partial charge in [0, 0.05) is 18.5 Å². The normalized spacial score (nSPS) is 14.6. The van der Waals surface area contributed by atoms with Gasteiger partial charge in [-0.05, 0) is 37.1 Å². The predicted octanol–water partition coefficient (Wildman–Crippen LogP) is 4.98. The van der Waals surface area contributed by atoms with E-state index in [9.17, 15) is 18.4 Å². The zero-order chi connectivity index (χ0) is 20.4. The Morgan fingerprint density at radius 2 is 1.55 bits per heavy atom. The third-order valence-electron chi connectivity index (χ3n) is 5.11. The maximum Gasteiger partial charge on any atom is 0.291 e. The molecule has 1 aliphatic heterocycles. The van der Waals surface area contributed by atoms with E-state index in [-0.39, 0.29) is 17.4 Å². The smallest absolute Gasteiger partial charge is 0.291 e. The van der Waals surface area contributed by atoms with Crippen LogP contribution in [0.15, 0.2) is 46.9 Å². The van der Waals surface area contributed by atoms with E-state index in [1.54, 1.807) is 29.2 Å². The number of hydrogen-bond donors (Lipinski definition) is 1. The summed E-state index contributed by atoms with van der Waals surface area (Å²) >= 11 is 0. The highest BCUT2D eigenvalue weighted by molar-refractivity contribution is 6.14. The molecular formula is C22H20F2N2O3. The lowest BCUT2D eigenvalue weighted by Gasteiger charge is -2.19. The second kappa shape index (κ2) is 8.03. The van der Waals surface area contributed by atoms with E-state index < -0.39 is 23.1 Å². The van der Waals surface area contributed by atoms with Gasteiger partial charge in [0.15, 0.2) is 0 Å². The lowest BCUT2D eigenvalue weighted by atomic mass is 10.1. The van der Waals surface area contributed by atoms with Crippen molar-refractivity contribution < 1.29 is 22.8 Å². The monoisotopic (exact) mass is 398 g/mol. The molecule has 1 aliphatic rings. The number of amides is 2. The number of nitrogens with zero attached hydrogens (tertiary/aromatic N) is 1. The van der Waals surface area contributed by atoms with E-state index in [0.717, 1.165) is 37.8 Å². The maximum atomic E-state index is 14.0. The number of anilines is 1. The number of fused-ring (bicyclic) bond motifs is 1. The molecule has 7 heteroatoms. The average molecular weight is 398 g/mol. The summed E-state index contributed by atoms with van der Waals surface area (Å²) in [7, 11) is 0. The molecule has 3 aromatic rings. The van der Waals surface area contributed by atoms with Crippen molar-refractivity contribution in [2.75, 3.05) is 18.4 Å². The van der Waals surface area contributed by atoms with Crippen molar-refractivity contribution in [1.82, 2.24) is 4.90 Å². The molecule has 0 saturated carbocycles. The van der Waals surface area contributed by atoms with E-state index >= 15 is 0 Å². The molecule has 1 fully saturated rings. The largest absolute Gasteiger partial charge is 0.449 e. The lowest BCUT2D eigenvalue weighted by Crippen LogP contribution is -2.32. The van der Waals surface area contributed by atoms with Crippen LogP contribution in [-0.2, 0) is 0 Å². The third-order valence-corrected chi connectivity index (χ3v) is 5.11. The van der Waals surface area contributed by atoms with Gasteiger partial charge in [-0.1, -0.05) is 31.0 Å². The summed E-state index contributed by atoms with van der Waals surface area (Å²) in [6.07, 6.45) is 3.91. The second-order valence-corrected chi connectivity index (χ2v) is 7.06. The molecule has 0 aliphatic carbocycles. The molecule has 1 saturated heterocycles. The number of para-hydroxylation sites is 1. The average Bonchev–Trinajstić information content (AvgIpc) is 2.88. The van der Waals surface area contributed by atoms with E-state index in [4.69, 9.17) is 4.42 Å². The SMILES string of the molecule is O=C(Nc1c(C(=O)N2CCCCCC2)oc2ccccc12)c1c(F)cccc1F. The quantitative estimate of drug-likeness (QED) is 0.677. The zero-order valence-electron chi connectivity index (χ0n) is 15.7. The van der Waals surface area contributed by atoms with Crippen LogP contribution in [0.4, 0.5) is 14.5 Å². The van der Waals surface area contributed by atoms with Crippen molar-refractivity contribution in [2.24, 2.45) is 0 Å². The van der Waals surface area contributed by atoms with Gasteiger partial charge in [-0.2, -0.15) is 0 Å². The first-order valence-electron chi connectivity index (χ1n) is 9.62. The zero-order valence-corrected chi connectivity index (χ0v) is 15.7. The summed E-state index contributed by atoms with van der Waals surface area (Å²) < 4.78 is 33.8. The highest BCUT2D eigenvalue weighted by Crippen LogP contribution is 2.33.